The minimum Gasteiger partial charge on any atom is -0.465 e. The molecule has 1 aromatic carbocycles. The number of hydrogen-bond acceptors (Lipinski definition) is 6. The van der Waals surface area contributed by atoms with Crippen LogP contribution < -0.4 is 5.32 Å². The number of anilines is 1. The Balaban J connectivity index is 2.34. The summed E-state index contributed by atoms with van der Waals surface area (Å²) < 4.78 is 4.48. The van der Waals surface area contributed by atoms with Crippen LogP contribution in [0.2, 0.25) is 0 Å². The summed E-state index contributed by atoms with van der Waals surface area (Å²) in [6, 6.07) is 7.16. The molecule has 2 aromatic rings. The number of ether oxygens (including phenoxy) is 1. The van der Waals surface area contributed by atoms with Crippen LogP contribution in [0, 0.1) is 11.3 Å². The fourth-order valence-corrected chi connectivity index (χ4v) is 1.51. The highest BCUT2D eigenvalue weighted by atomic mass is 16.5. The van der Waals surface area contributed by atoms with Crippen molar-refractivity contribution in [3.8, 4) is 6.07 Å². The van der Waals surface area contributed by atoms with Crippen molar-refractivity contribution < 1.29 is 9.53 Å². The number of nitriles is 1. The number of nitrogens with zero attached hydrogens (tertiary/aromatic N) is 3. The Kier molecular flexibility index (Phi) is 3.69. The normalized spacial score (nSPS) is 10.8. The summed E-state index contributed by atoms with van der Waals surface area (Å²) in [4.78, 5) is 19.6. The summed E-state index contributed by atoms with van der Waals surface area (Å²) in [5.41, 5.74) is 1.91. The van der Waals surface area contributed by atoms with Crippen molar-refractivity contribution in [2.75, 3.05) is 12.4 Å². The second-order valence-corrected chi connectivity index (χ2v) is 3.54. The van der Waals surface area contributed by atoms with E-state index in [1.807, 2.05) is 6.07 Å². The minimum absolute atomic E-state index is 0.122. The van der Waals surface area contributed by atoms with Gasteiger partial charge in [0, 0.05) is 18.6 Å². The van der Waals surface area contributed by atoms with Crippen molar-refractivity contribution in [2.24, 2.45) is 0 Å². The van der Waals surface area contributed by atoms with E-state index in [1.165, 1.54) is 13.3 Å². The van der Waals surface area contributed by atoms with Gasteiger partial charge in [-0.25, -0.2) is 4.79 Å². The van der Waals surface area contributed by atoms with Gasteiger partial charge in [-0.1, -0.05) is 6.07 Å². The number of carbonyl (C=O) groups excluding carboxylic acids is 1. The number of hydrogen-bond donors (Lipinski definition) is 1. The van der Waals surface area contributed by atoms with Gasteiger partial charge >= 0.3 is 5.97 Å². The van der Waals surface area contributed by atoms with Crippen LogP contribution in [-0.2, 0) is 9.53 Å². The van der Waals surface area contributed by atoms with Gasteiger partial charge in [0.05, 0.1) is 18.3 Å². The molecular weight excluding hydrogens is 244 g/mol. The average molecular weight is 254 g/mol. The van der Waals surface area contributed by atoms with E-state index in [9.17, 15) is 4.79 Å². The first-order chi connectivity index (χ1) is 9.26. The molecule has 1 N–H and O–H groups in total. The highest BCUT2D eigenvalue weighted by molar-refractivity contribution is 5.94. The maximum absolute atomic E-state index is 11.2. The summed E-state index contributed by atoms with van der Waals surface area (Å²) in [6.07, 6.45) is 4.45. The number of methoxy groups -OCH3 is 1. The van der Waals surface area contributed by atoms with E-state index in [1.54, 1.807) is 30.6 Å². The van der Waals surface area contributed by atoms with Gasteiger partial charge < -0.3 is 10.1 Å². The second-order valence-electron chi connectivity index (χ2n) is 3.54. The summed E-state index contributed by atoms with van der Waals surface area (Å²) in [7, 11) is 1.22. The van der Waals surface area contributed by atoms with Crippen LogP contribution in [0.3, 0.4) is 0 Å². The molecule has 0 fully saturated rings. The van der Waals surface area contributed by atoms with Crippen LogP contribution in [0.1, 0.15) is 0 Å². The molecule has 0 aliphatic carbocycles. The zero-order valence-electron chi connectivity index (χ0n) is 10.1. The summed E-state index contributed by atoms with van der Waals surface area (Å²) in [5.74, 6) is -0.693. The van der Waals surface area contributed by atoms with E-state index in [0.29, 0.717) is 11.2 Å². The first-order valence-corrected chi connectivity index (χ1v) is 5.41. The van der Waals surface area contributed by atoms with Gasteiger partial charge in [-0.05, 0) is 12.1 Å². The number of esters is 1. The molecule has 1 heterocycles. The maximum Gasteiger partial charge on any atom is 0.350 e. The zero-order valence-corrected chi connectivity index (χ0v) is 10.1. The highest BCUT2D eigenvalue weighted by Gasteiger charge is 2.08. The molecule has 0 saturated heterocycles. The van der Waals surface area contributed by atoms with Crippen molar-refractivity contribution in [3.05, 3.63) is 42.4 Å². The molecule has 0 aliphatic heterocycles. The predicted octanol–water partition coefficient (Wildman–Crippen LogP) is 1.62. The molecule has 6 heteroatoms. The minimum atomic E-state index is -0.693. The predicted molar refractivity (Wildman–Crippen MR) is 68.9 cm³/mol. The Morgan fingerprint density at radius 2 is 2.21 bits per heavy atom. The Labute approximate surface area is 109 Å². The second kappa shape index (κ2) is 5.60. The molecule has 94 valence electrons. The third-order valence-corrected chi connectivity index (χ3v) is 2.40. The first-order valence-electron chi connectivity index (χ1n) is 5.41. The van der Waals surface area contributed by atoms with E-state index in [-0.39, 0.29) is 5.57 Å². The Morgan fingerprint density at radius 1 is 1.42 bits per heavy atom. The average Bonchev–Trinajstić information content (AvgIpc) is 2.47. The number of aromatic nitrogens is 2. The molecular formula is C13H10N4O2. The number of para-hydroxylation sites is 1. The topological polar surface area (TPSA) is 87.9 Å². The zero-order chi connectivity index (χ0) is 13.7. The lowest BCUT2D eigenvalue weighted by Crippen LogP contribution is -2.05. The van der Waals surface area contributed by atoms with Crippen LogP contribution in [0.5, 0.6) is 0 Å². The molecule has 6 nitrogen and oxygen atoms in total. The third-order valence-electron chi connectivity index (χ3n) is 2.40. The number of rotatable bonds is 3. The van der Waals surface area contributed by atoms with Crippen LogP contribution >= 0.6 is 0 Å². The van der Waals surface area contributed by atoms with Gasteiger partial charge in [-0.15, -0.1) is 0 Å². The smallest absolute Gasteiger partial charge is 0.350 e. The molecule has 0 unspecified atom stereocenters. The van der Waals surface area contributed by atoms with Gasteiger partial charge in [-0.2, -0.15) is 5.26 Å². The fraction of sp³-hybridized carbons (Fsp3) is 0.0769. The monoisotopic (exact) mass is 254 g/mol. The number of fused-ring (bicyclic) bond motifs is 1. The molecule has 0 atom stereocenters. The van der Waals surface area contributed by atoms with Crippen molar-refractivity contribution in [2.45, 2.75) is 0 Å². The van der Waals surface area contributed by atoms with Gasteiger partial charge in [0.2, 0.25) is 0 Å². The van der Waals surface area contributed by atoms with E-state index in [0.717, 1.165) is 5.52 Å². The molecule has 0 saturated carbocycles. The Morgan fingerprint density at radius 3 is 2.95 bits per heavy atom. The summed E-state index contributed by atoms with van der Waals surface area (Å²) in [6.45, 7) is 0. The van der Waals surface area contributed by atoms with Gasteiger partial charge in [0.25, 0.3) is 0 Å². The van der Waals surface area contributed by atoms with Crippen molar-refractivity contribution in [3.63, 3.8) is 0 Å². The molecule has 0 radical (unpaired) electrons. The van der Waals surface area contributed by atoms with Crippen LogP contribution in [0.4, 0.5) is 5.69 Å². The molecule has 0 spiro atoms. The molecule has 2 rings (SSSR count). The number of nitrogens with one attached hydrogen (secondary N) is 1. The van der Waals surface area contributed by atoms with Crippen LogP contribution in [-0.4, -0.2) is 23.0 Å². The molecule has 19 heavy (non-hydrogen) atoms. The number of benzene rings is 1. The standard InChI is InChI=1S/C13H10N4O2/c1-19-13(18)9(7-14)8-17-11-4-2-3-10-12(11)16-6-5-15-10/h2-6,8,17H,1H3/b9-8+. The Bertz CT molecular complexity index is 683. The summed E-state index contributed by atoms with van der Waals surface area (Å²) >= 11 is 0. The van der Waals surface area contributed by atoms with Crippen LogP contribution in [0.15, 0.2) is 42.4 Å². The quantitative estimate of drug-likeness (QED) is 0.508. The van der Waals surface area contributed by atoms with Crippen molar-refractivity contribution >= 4 is 22.7 Å². The van der Waals surface area contributed by atoms with Gasteiger partial charge in [0.1, 0.15) is 11.6 Å². The highest BCUT2D eigenvalue weighted by Crippen LogP contribution is 2.19. The van der Waals surface area contributed by atoms with Crippen molar-refractivity contribution in [1.82, 2.24) is 9.97 Å². The lowest BCUT2D eigenvalue weighted by atomic mass is 10.2. The molecule has 1 aromatic heterocycles. The lowest BCUT2D eigenvalue weighted by Gasteiger charge is -2.04. The summed E-state index contributed by atoms with van der Waals surface area (Å²) in [5, 5.41) is 11.7. The van der Waals surface area contributed by atoms with Crippen molar-refractivity contribution in [1.29, 1.82) is 5.26 Å². The third kappa shape index (κ3) is 2.66. The van der Waals surface area contributed by atoms with E-state index < -0.39 is 5.97 Å². The molecule has 0 amide bonds. The molecule has 0 aliphatic rings. The molecule has 0 bridgehead atoms. The van der Waals surface area contributed by atoms with E-state index in [4.69, 9.17) is 5.26 Å². The SMILES string of the molecule is COC(=O)/C(C#N)=C/Nc1cccc2nccnc12. The Hall–Kier alpha value is -2.94. The lowest BCUT2D eigenvalue weighted by molar-refractivity contribution is -0.135. The van der Waals surface area contributed by atoms with E-state index in [2.05, 4.69) is 20.0 Å². The maximum atomic E-state index is 11.2. The fourth-order valence-electron chi connectivity index (χ4n) is 1.51. The van der Waals surface area contributed by atoms with E-state index >= 15 is 0 Å². The largest absolute Gasteiger partial charge is 0.465 e. The van der Waals surface area contributed by atoms with Gasteiger partial charge in [0.15, 0.2) is 5.57 Å². The van der Waals surface area contributed by atoms with Gasteiger partial charge in [-0.3, -0.25) is 9.97 Å². The van der Waals surface area contributed by atoms with Crippen LogP contribution in [0.25, 0.3) is 11.0 Å². The first kappa shape index (κ1) is 12.5. The number of carbonyl (C=O) groups is 1.